The Hall–Kier alpha value is -2.43. The van der Waals surface area contributed by atoms with Gasteiger partial charge in [0.15, 0.2) is 0 Å². The summed E-state index contributed by atoms with van der Waals surface area (Å²) in [6.07, 6.45) is 4.58. The van der Waals surface area contributed by atoms with Crippen LogP contribution in [0.4, 0.5) is 0 Å². The van der Waals surface area contributed by atoms with Crippen LogP contribution in [-0.2, 0) is 13.0 Å². The van der Waals surface area contributed by atoms with Gasteiger partial charge in [0.25, 0.3) is 0 Å². The number of hydrogen-bond donors (Lipinski definition) is 1. The van der Waals surface area contributed by atoms with Gasteiger partial charge >= 0.3 is 0 Å². The lowest BCUT2D eigenvalue weighted by Crippen LogP contribution is -2.27. The molecule has 4 nitrogen and oxygen atoms in total. The molecule has 3 aromatic rings. The molecule has 0 aliphatic carbocycles. The van der Waals surface area contributed by atoms with Gasteiger partial charge in [-0.25, -0.2) is 0 Å². The molecule has 134 valence electrons. The van der Waals surface area contributed by atoms with E-state index in [-0.39, 0.29) is 6.61 Å². The number of rotatable bonds is 3. The number of aliphatic hydroxyl groups is 1. The summed E-state index contributed by atoms with van der Waals surface area (Å²) in [7, 11) is 2.18. The first-order valence-electron chi connectivity index (χ1n) is 9.13. The molecule has 0 atom stereocenters. The highest BCUT2D eigenvalue weighted by atomic mass is 16.3. The minimum absolute atomic E-state index is 0.00998. The second kappa shape index (κ2) is 6.71. The maximum absolute atomic E-state index is 10.1. The molecule has 26 heavy (non-hydrogen) atoms. The first-order chi connectivity index (χ1) is 12.6. The summed E-state index contributed by atoms with van der Waals surface area (Å²) in [5.41, 5.74) is 8.38. The molecule has 0 amide bonds. The summed E-state index contributed by atoms with van der Waals surface area (Å²) in [6, 6.07) is 10.6. The molecule has 2 aromatic heterocycles. The van der Waals surface area contributed by atoms with Crippen LogP contribution in [-0.4, -0.2) is 39.8 Å². The SMILES string of the molecule is CC(=C(CO)c1ccncc1)n1c2c(c3cc(C)ccc31)CN(C)CC2. The molecule has 1 aliphatic heterocycles. The van der Waals surface area contributed by atoms with Crippen molar-refractivity contribution in [3.8, 4) is 0 Å². The number of pyridine rings is 1. The van der Waals surface area contributed by atoms with E-state index in [1.54, 1.807) is 12.4 Å². The minimum Gasteiger partial charge on any atom is -0.392 e. The summed E-state index contributed by atoms with van der Waals surface area (Å²) in [4.78, 5) is 6.48. The number of aromatic nitrogens is 2. The molecule has 1 aromatic carbocycles. The standard InChI is InChI=1S/C22H25N3O/c1-15-4-5-21-18(12-15)19-13-24(3)11-8-22(19)25(21)16(2)20(14-26)17-6-9-23-10-7-17/h4-7,9-10,12,26H,8,11,13-14H2,1-3H3. The van der Waals surface area contributed by atoms with E-state index in [2.05, 4.69) is 53.5 Å². The molecular formula is C22H25N3O. The van der Waals surface area contributed by atoms with Gasteiger partial charge in [0.1, 0.15) is 0 Å². The summed E-state index contributed by atoms with van der Waals surface area (Å²) in [6.45, 7) is 6.30. The highest BCUT2D eigenvalue weighted by Crippen LogP contribution is 2.35. The zero-order valence-electron chi connectivity index (χ0n) is 15.7. The van der Waals surface area contributed by atoms with Crippen LogP contribution in [0.15, 0.2) is 42.7 Å². The van der Waals surface area contributed by atoms with Crippen molar-refractivity contribution in [3.63, 3.8) is 0 Å². The lowest BCUT2D eigenvalue weighted by molar-refractivity contribution is 0.311. The molecule has 3 heterocycles. The highest BCUT2D eigenvalue weighted by molar-refractivity contribution is 5.93. The van der Waals surface area contributed by atoms with Gasteiger partial charge in [0.05, 0.1) is 12.1 Å². The Bertz CT molecular complexity index is 986. The minimum atomic E-state index is 0.00998. The largest absolute Gasteiger partial charge is 0.392 e. The van der Waals surface area contributed by atoms with Crippen LogP contribution in [0.2, 0.25) is 0 Å². The Labute approximate surface area is 154 Å². The zero-order valence-corrected chi connectivity index (χ0v) is 15.7. The first-order valence-corrected chi connectivity index (χ1v) is 9.13. The Morgan fingerprint density at radius 2 is 1.96 bits per heavy atom. The average molecular weight is 347 g/mol. The predicted molar refractivity (Wildman–Crippen MR) is 107 cm³/mol. The number of fused-ring (bicyclic) bond motifs is 3. The Morgan fingerprint density at radius 3 is 2.69 bits per heavy atom. The van der Waals surface area contributed by atoms with Gasteiger partial charge in [-0.2, -0.15) is 0 Å². The summed E-state index contributed by atoms with van der Waals surface area (Å²) in [5, 5.41) is 11.4. The third-order valence-corrected chi connectivity index (χ3v) is 5.45. The fourth-order valence-electron chi connectivity index (χ4n) is 4.09. The predicted octanol–water partition coefficient (Wildman–Crippen LogP) is 3.71. The van der Waals surface area contributed by atoms with Gasteiger partial charge in [0, 0.05) is 54.3 Å². The number of aryl methyl sites for hydroxylation is 1. The number of likely N-dealkylation sites (N-methyl/N-ethyl adjacent to an activating group) is 1. The Balaban J connectivity index is 2.01. The van der Waals surface area contributed by atoms with Gasteiger partial charge in [0.2, 0.25) is 0 Å². The third-order valence-electron chi connectivity index (χ3n) is 5.45. The molecule has 1 N–H and O–H groups in total. The Kier molecular flexibility index (Phi) is 4.39. The maximum atomic E-state index is 10.1. The molecule has 0 radical (unpaired) electrons. The van der Waals surface area contributed by atoms with Crippen molar-refractivity contribution >= 4 is 22.2 Å². The van der Waals surface area contributed by atoms with Crippen molar-refractivity contribution in [1.82, 2.24) is 14.5 Å². The van der Waals surface area contributed by atoms with E-state index in [0.29, 0.717) is 0 Å². The number of hydrogen-bond acceptors (Lipinski definition) is 3. The van der Waals surface area contributed by atoms with Crippen LogP contribution >= 0.6 is 0 Å². The van der Waals surface area contributed by atoms with Gasteiger partial charge in [-0.3, -0.25) is 4.98 Å². The molecule has 1 aliphatic rings. The van der Waals surface area contributed by atoms with Crippen LogP contribution in [0.1, 0.15) is 29.3 Å². The van der Waals surface area contributed by atoms with E-state index in [1.165, 1.54) is 27.7 Å². The highest BCUT2D eigenvalue weighted by Gasteiger charge is 2.24. The molecule has 0 saturated heterocycles. The van der Waals surface area contributed by atoms with E-state index in [1.807, 2.05) is 12.1 Å². The van der Waals surface area contributed by atoms with Crippen molar-refractivity contribution in [1.29, 1.82) is 0 Å². The molecule has 0 unspecified atom stereocenters. The fourth-order valence-corrected chi connectivity index (χ4v) is 4.09. The monoisotopic (exact) mass is 347 g/mol. The normalized spacial score (nSPS) is 15.8. The van der Waals surface area contributed by atoms with Crippen molar-refractivity contribution < 1.29 is 5.11 Å². The van der Waals surface area contributed by atoms with Crippen LogP contribution in [0, 0.1) is 6.92 Å². The quantitative estimate of drug-likeness (QED) is 0.785. The number of nitrogens with zero attached hydrogens (tertiary/aromatic N) is 3. The van der Waals surface area contributed by atoms with Crippen LogP contribution < -0.4 is 0 Å². The van der Waals surface area contributed by atoms with Gasteiger partial charge in [-0.05, 0) is 56.3 Å². The van der Waals surface area contributed by atoms with Crippen molar-refractivity contribution in [2.24, 2.45) is 0 Å². The van der Waals surface area contributed by atoms with Gasteiger partial charge in [-0.1, -0.05) is 11.6 Å². The topological polar surface area (TPSA) is 41.3 Å². The second-order valence-corrected chi connectivity index (χ2v) is 7.23. The Morgan fingerprint density at radius 1 is 1.19 bits per heavy atom. The van der Waals surface area contributed by atoms with Gasteiger partial charge < -0.3 is 14.6 Å². The zero-order chi connectivity index (χ0) is 18.3. The molecule has 0 saturated carbocycles. The van der Waals surface area contributed by atoms with Gasteiger partial charge in [-0.15, -0.1) is 0 Å². The van der Waals surface area contributed by atoms with Crippen molar-refractivity contribution in [2.75, 3.05) is 20.2 Å². The lowest BCUT2D eigenvalue weighted by atomic mass is 10.0. The lowest BCUT2D eigenvalue weighted by Gasteiger charge is -2.25. The smallest absolute Gasteiger partial charge is 0.0704 e. The molecule has 0 fully saturated rings. The fraction of sp³-hybridized carbons (Fsp3) is 0.318. The molecular weight excluding hydrogens is 322 g/mol. The van der Waals surface area contributed by atoms with Crippen LogP contribution in [0.3, 0.4) is 0 Å². The van der Waals surface area contributed by atoms with Crippen LogP contribution in [0.5, 0.6) is 0 Å². The first kappa shape index (κ1) is 17.0. The van der Waals surface area contributed by atoms with Crippen molar-refractivity contribution in [2.45, 2.75) is 26.8 Å². The molecule has 4 heteroatoms. The third kappa shape index (κ3) is 2.75. The van der Waals surface area contributed by atoms with E-state index in [4.69, 9.17) is 0 Å². The summed E-state index contributed by atoms with van der Waals surface area (Å²) in [5.74, 6) is 0. The van der Waals surface area contributed by atoms with E-state index >= 15 is 0 Å². The van der Waals surface area contributed by atoms with Crippen molar-refractivity contribution in [3.05, 3.63) is 65.1 Å². The van der Waals surface area contributed by atoms with E-state index < -0.39 is 0 Å². The number of allylic oxidation sites excluding steroid dienone is 1. The maximum Gasteiger partial charge on any atom is 0.0704 e. The summed E-state index contributed by atoms with van der Waals surface area (Å²) < 4.78 is 2.36. The molecule has 4 rings (SSSR count). The van der Waals surface area contributed by atoms with Crippen LogP contribution in [0.25, 0.3) is 22.2 Å². The van der Waals surface area contributed by atoms with E-state index in [9.17, 15) is 5.11 Å². The second-order valence-electron chi connectivity index (χ2n) is 7.23. The number of benzene rings is 1. The molecule has 0 spiro atoms. The number of aliphatic hydroxyl groups excluding tert-OH is 1. The molecule has 0 bridgehead atoms. The summed E-state index contributed by atoms with van der Waals surface area (Å²) >= 11 is 0. The average Bonchev–Trinajstić information content (AvgIpc) is 2.96. The van der Waals surface area contributed by atoms with E-state index in [0.717, 1.165) is 36.3 Å².